The van der Waals surface area contributed by atoms with E-state index in [2.05, 4.69) is 15.3 Å². The molecule has 8 heteroatoms. The van der Waals surface area contributed by atoms with Gasteiger partial charge in [-0.15, -0.1) is 0 Å². The molecule has 1 aliphatic heterocycles. The molecule has 1 aliphatic rings. The molecule has 1 fully saturated rings. The van der Waals surface area contributed by atoms with Crippen LogP contribution in [0.15, 0.2) is 11.7 Å². The normalized spacial score (nSPS) is 20.0. The summed E-state index contributed by atoms with van der Waals surface area (Å²) in [5.74, 6) is 0.412. The van der Waals surface area contributed by atoms with Crippen LogP contribution in [0.2, 0.25) is 5.28 Å². The van der Waals surface area contributed by atoms with Gasteiger partial charge in [0.25, 0.3) is 0 Å². The van der Waals surface area contributed by atoms with E-state index < -0.39 is 18.3 Å². The van der Waals surface area contributed by atoms with E-state index in [4.69, 9.17) is 25.6 Å². The number of halogens is 1. The van der Waals surface area contributed by atoms with Gasteiger partial charge < -0.3 is 19.4 Å². The van der Waals surface area contributed by atoms with Crippen LogP contribution in [0, 0.1) is 0 Å². The van der Waals surface area contributed by atoms with Crippen LogP contribution < -0.4 is 10.1 Å². The van der Waals surface area contributed by atoms with Crippen LogP contribution in [0.4, 0.5) is 0 Å². The molecular weight excluding hydrogens is 316 g/mol. The van der Waals surface area contributed by atoms with Crippen molar-refractivity contribution in [2.24, 2.45) is 0 Å². The molecule has 0 spiro atoms. The SMILES string of the molecule is CNCC(=Cc1cnc(Cl)nc1OC)B1OC(C)(C)C(C)(C)O1. The second kappa shape index (κ2) is 6.77. The third-order valence-electron chi connectivity index (χ3n) is 4.22. The van der Waals surface area contributed by atoms with Crippen molar-refractivity contribution in [3.63, 3.8) is 0 Å². The lowest BCUT2D eigenvalue weighted by Gasteiger charge is -2.32. The van der Waals surface area contributed by atoms with Crippen molar-refractivity contribution in [1.29, 1.82) is 0 Å². The Morgan fingerprint density at radius 3 is 2.48 bits per heavy atom. The molecule has 0 atom stereocenters. The first kappa shape index (κ1) is 18.2. The van der Waals surface area contributed by atoms with E-state index in [0.717, 1.165) is 11.0 Å². The summed E-state index contributed by atoms with van der Waals surface area (Å²) < 4.78 is 17.5. The van der Waals surface area contributed by atoms with Gasteiger partial charge in [0.15, 0.2) is 0 Å². The molecule has 0 aliphatic carbocycles. The van der Waals surface area contributed by atoms with E-state index >= 15 is 0 Å². The van der Waals surface area contributed by atoms with Gasteiger partial charge >= 0.3 is 7.12 Å². The zero-order valence-electron chi connectivity index (χ0n) is 14.4. The summed E-state index contributed by atoms with van der Waals surface area (Å²) in [4.78, 5) is 8.09. The van der Waals surface area contributed by atoms with Gasteiger partial charge in [0.05, 0.1) is 23.9 Å². The zero-order valence-corrected chi connectivity index (χ0v) is 15.2. The summed E-state index contributed by atoms with van der Waals surface area (Å²) in [6.07, 6.45) is 3.53. The van der Waals surface area contributed by atoms with Crippen LogP contribution in [0.5, 0.6) is 5.88 Å². The van der Waals surface area contributed by atoms with Crippen molar-refractivity contribution in [3.8, 4) is 5.88 Å². The molecule has 0 radical (unpaired) electrons. The molecule has 1 N–H and O–H groups in total. The fourth-order valence-electron chi connectivity index (χ4n) is 2.22. The van der Waals surface area contributed by atoms with E-state index in [1.54, 1.807) is 13.3 Å². The minimum absolute atomic E-state index is 0.143. The van der Waals surface area contributed by atoms with E-state index in [-0.39, 0.29) is 5.28 Å². The number of nitrogens with one attached hydrogen (secondary N) is 1. The van der Waals surface area contributed by atoms with E-state index in [1.165, 1.54) is 0 Å². The van der Waals surface area contributed by atoms with Crippen LogP contribution >= 0.6 is 11.6 Å². The van der Waals surface area contributed by atoms with E-state index in [0.29, 0.717) is 12.4 Å². The fraction of sp³-hybridized carbons (Fsp3) is 0.600. The second-order valence-electron chi connectivity index (χ2n) is 6.44. The number of ether oxygens (including phenoxy) is 1. The lowest BCUT2D eigenvalue weighted by molar-refractivity contribution is 0.00578. The predicted octanol–water partition coefficient (Wildman–Crippen LogP) is 2.37. The number of aromatic nitrogens is 2. The quantitative estimate of drug-likeness (QED) is 0.656. The highest BCUT2D eigenvalue weighted by Gasteiger charge is 2.52. The molecule has 0 saturated carbocycles. The summed E-state index contributed by atoms with van der Waals surface area (Å²) in [5, 5.41) is 3.28. The first-order valence-electron chi connectivity index (χ1n) is 7.47. The van der Waals surface area contributed by atoms with Gasteiger partial charge in [-0.25, -0.2) is 4.98 Å². The standard InChI is InChI=1S/C15H23BClN3O3/c1-14(2)15(3,4)23-16(22-14)11(9-18-5)7-10-8-19-13(17)20-12(10)21-6/h7-8,18H,9H2,1-6H3. The topological polar surface area (TPSA) is 65.5 Å². The third kappa shape index (κ3) is 3.85. The van der Waals surface area contributed by atoms with Crippen molar-refractivity contribution in [2.45, 2.75) is 38.9 Å². The maximum Gasteiger partial charge on any atom is 0.491 e. The Balaban J connectivity index is 2.36. The van der Waals surface area contributed by atoms with Crippen molar-refractivity contribution in [2.75, 3.05) is 20.7 Å². The largest absolute Gasteiger partial charge is 0.491 e. The van der Waals surface area contributed by atoms with Crippen LogP contribution in [-0.4, -0.2) is 49.0 Å². The van der Waals surface area contributed by atoms with Gasteiger partial charge in [-0.05, 0) is 51.8 Å². The molecule has 1 aromatic rings. The molecular formula is C15H23BClN3O3. The number of rotatable bonds is 5. The molecule has 1 aromatic heterocycles. The second-order valence-corrected chi connectivity index (χ2v) is 6.78. The lowest BCUT2D eigenvalue weighted by Crippen LogP contribution is -2.41. The number of hydrogen-bond acceptors (Lipinski definition) is 6. The molecule has 0 aromatic carbocycles. The summed E-state index contributed by atoms with van der Waals surface area (Å²) in [6, 6.07) is 0. The lowest BCUT2D eigenvalue weighted by atomic mass is 9.77. The van der Waals surface area contributed by atoms with Crippen molar-refractivity contribution in [1.82, 2.24) is 15.3 Å². The maximum atomic E-state index is 6.11. The van der Waals surface area contributed by atoms with E-state index in [9.17, 15) is 0 Å². The minimum atomic E-state index is -0.451. The summed E-state index contributed by atoms with van der Waals surface area (Å²) >= 11 is 5.81. The molecule has 1 saturated heterocycles. The Morgan fingerprint density at radius 2 is 1.96 bits per heavy atom. The first-order chi connectivity index (χ1) is 10.7. The fourth-order valence-corrected chi connectivity index (χ4v) is 2.34. The Morgan fingerprint density at radius 1 is 1.35 bits per heavy atom. The number of hydrogen-bond donors (Lipinski definition) is 1. The minimum Gasteiger partial charge on any atom is -0.480 e. The van der Waals surface area contributed by atoms with Crippen molar-refractivity contribution >= 4 is 24.8 Å². The third-order valence-corrected chi connectivity index (χ3v) is 4.40. The maximum absolute atomic E-state index is 6.11. The Bertz CT molecular complexity index is 592. The van der Waals surface area contributed by atoms with Crippen molar-refractivity contribution < 1.29 is 14.0 Å². The average Bonchev–Trinajstić information content (AvgIpc) is 2.68. The van der Waals surface area contributed by atoms with Crippen molar-refractivity contribution in [3.05, 3.63) is 22.5 Å². The zero-order chi connectivity index (χ0) is 17.3. The molecule has 0 unspecified atom stereocenters. The van der Waals surface area contributed by atoms with Gasteiger partial charge in [0.1, 0.15) is 0 Å². The molecule has 0 amide bonds. The smallest absolute Gasteiger partial charge is 0.480 e. The summed E-state index contributed by atoms with van der Waals surface area (Å²) in [7, 11) is 2.96. The molecule has 6 nitrogen and oxygen atoms in total. The molecule has 2 heterocycles. The van der Waals surface area contributed by atoms with Crippen LogP contribution in [-0.2, 0) is 9.31 Å². The highest BCUT2D eigenvalue weighted by atomic mass is 35.5. The Kier molecular flexibility index (Phi) is 5.35. The monoisotopic (exact) mass is 339 g/mol. The molecule has 23 heavy (non-hydrogen) atoms. The van der Waals surface area contributed by atoms with E-state index in [1.807, 2.05) is 40.8 Å². The Hall–Kier alpha value is -1.15. The van der Waals surface area contributed by atoms with Gasteiger partial charge in [0, 0.05) is 12.7 Å². The summed E-state index contributed by atoms with van der Waals surface area (Å²) in [5.41, 5.74) is 0.850. The van der Waals surface area contributed by atoms with Crippen LogP contribution in [0.25, 0.3) is 6.08 Å². The van der Waals surface area contributed by atoms with Gasteiger partial charge in [-0.2, -0.15) is 4.98 Å². The number of methoxy groups -OCH3 is 1. The van der Waals surface area contributed by atoms with Crippen LogP contribution in [0.3, 0.4) is 0 Å². The highest BCUT2D eigenvalue weighted by molar-refractivity contribution is 6.56. The number of nitrogens with zero attached hydrogens (tertiary/aromatic N) is 2. The molecule has 0 bridgehead atoms. The van der Waals surface area contributed by atoms with Crippen LogP contribution in [0.1, 0.15) is 33.3 Å². The van der Waals surface area contributed by atoms with Gasteiger partial charge in [0.2, 0.25) is 11.2 Å². The predicted molar refractivity (Wildman–Crippen MR) is 91.6 cm³/mol. The Labute approximate surface area is 142 Å². The molecule has 126 valence electrons. The summed E-state index contributed by atoms with van der Waals surface area (Å²) in [6.45, 7) is 8.69. The highest BCUT2D eigenvalue weighted by Crippen LogP contribution is 2.39. The van der Waals surface area contributed by atoms with Gasteiger partial charge in [-0.3, -0.25) is 0 Å². The number of likely N-dealkylation sites (N-methyl/N-ethyl adjacent to an activating group) is 1. The van der Waals surface area contributed by atoms with Gasteiger partial charge in [-0.1, -0.05) is 6.08 Å². The molecule has 2 rings (SSSR count). The first-order valence-corrected chi connectivity index (χ1v) is 7.85. The average molecular weight is 340 g/mol.